The standard InChI is InChI=1S/C17H19NO2/c1-12(17(18)14-5-3-2-4-6-14)16(20)11-13-7-9-15(19)10-8-13/h2-10,12,17,19H,11,18H2,1H3. The molecule has 0 radical (unpaired) electrons. The Bertz CT molecular complexity index is 563. The Labute approximate surface area is 119 Å². The zero-order valence-corrected chi connectivity index (χ0v) is 11.5. The lowest BCUT2D eigenvalue weighted by atomic mass is 9.89. The Morgan fingerprint density at radius 2 is 1.70 bits per heavy atom. The molecule has 2 rings (SSSR count). The van der Waals surface area contributed by atoms with E-state index >= 15 is 0 Å². The fourth-order valence-corrected chi connectivity index (χ4v) is 2.14. The number of carbonyl (C=O) groups is 1. The molecule has 0 spiro atoms. The van der Waals surface area contributed by atoms with E-state index in [1.54, 1.807) is 24.3 Å². The van der Waals surface area contributed by atoms with Crippen LogP contribution in [0.1, 0.15) is 24.1 Å². The van der Waals surface area contributed by atoms with Crippen LogP contribution in [0.25, 0.3) is 0 Å². The predicted molar refractivity (Wildman–Crippen MR) is 79.4 cm³/mol. The van der Waals surface area contributed by atoms with Gasteiger partial charge in [-0.3, -0.25) is 4.79 Å². The summed E-state index contributed by atoms with van der Waals surface area (Å²) < 4.78 is 0. The highest BCUT2D eigenvalue weighted by Gasteiger charge is 2.21. The number of rotatable bonds is 5. The first kappa shape index (κ1) is 14.3. The molecule has 0 saturated heterocycles. The van der Waals surface area contributed by atoms with E-state index in [2.05, 4.69) is 0 Å². The molecule has 2 aromatic rings. The topological polar surface area (TPSA) is 63.3 Å². The van der Waals surface area contributed by atoms with Gasteiger partial charge in [-0.05, 0) is 23.3 Å². The van der Waals surface area contributed by atoms with E-state index in [1.807, 2.05) is 37.3 Å². The lowest BCUT2D eigenvalue weighted by molar-refractivity contribution is -0.122. The number of phenols is 1. The van der Waals surface area contributed by atoms with Crippen molar-refractivity contribution < 1.29 is 9.90 Å². The van der Waals surface area contributed by atoms with E-state index in [4.69, 9.17) is 5.73 Å². The molecule has 0 bridgehead atoms. The van der Waals surface area contributed by atoms with Crippen LogP contribution in [0.15, 0.2) is 54.6 Å². The highest BCUT2D eigenvalue weighted by atomic mass is 16.3. The Hall–Kier alpha value is -2.13. The van der Waals surface area contributed by atoms with Crippen molar-refractivity contribution in [1.82, 2.24) is 0 Å². The molecule has 3 N–H and O–H groups in total. The molecule has 0 aliphatic heterocycles. The average Bonchev–Trinajstić information content (AvgIpc) is 2.49. The molecular formula is C17H19NO2. The quantitative estimate of drug-likeness (QED) is 0.877. The van der Waals surface area contributed by atoms with Crippen molar-refractivity contribution in [2.75, 3.05) is 0 Å². The van der Waals surface area contributed by atoms with Gasteiger partial charge in [0.2, 0.25) is 0 Å². The maximum Gasteiger partial charge on any atom is 0.141 e. The van der Waals surface area contributed by atoms with E-state index in [0.717, 1.165) is 11.1 Å². The van der Waals surface area contributed by atoms with Crippen LogP contribution < -0.4 is 5.73 Å². The molecule has 3 heteroatoms. The number of carbonyl (C=O) groups excluding carboxylic acids is 1. The van der Waals surface area contributed by atoms with Gasteiger partial charge in [-0.1, -0.05) is 49.4 Å². The minimum absolute atomic E-state index is 0.104. The SMILES string of the molecule is CC(C(=O)Cc1ccc(O)cc1)C(N)c1ccccc1. The lowest BCUT2D eigenvalue weighted by Crippen LogP contribution is -2.27. The molecule has 2 unspecified atom stereocenters. The summed E-state index contributed by atoms with van der Waals surface area (Å²) in [5.41, 5.74) is 8.02. The van der Waals surface area contributed by atoms with Gasteiger partial charge in [0.15, 0.2) is 0 Å². The number of ketones is 1. The zero-order chi connectivity index (χ0) is 14.5. The van der Waals surface area contributed by atoms with Crippen LogP contribution in [-0.4, -0.2) is 10.9 Å². The van der Waals surface area contributed by atoms with Crippen LogP contribution in [0.3, 0.4) is 0 Å². The summed E-state index contributed by atoms with van der Waals surface area (Å²) in [5.74, 6) is 0.0634. The third-order valence-electron chi connectivity index (χ3n) is 3.55. The van der Waals surface area contributed by atoms with Crippen LogP contribution in [0.5, 0.6) is 5.75 Å². The fraction of sp³-hybridized carbons (Fsp3) is 0.235. The molecule has 0 aliphatic carbocycles. The molecule has 0 heterocycles. The van der Waals surface area contributed by atoms with Gasteiger partial charge >= 0.3 is 0 Å². The van der Waals surface area contributed by atoms with Gasteiger partial charge in [0.1, 0.15) is 11.5 Å². The van der Waals surface area contributed by atoms with Crippen LogP contribution in [0.4, 0.5) is 0 Å². The number of hydrogen-bond donors (Lipinski definition) is 2. The summed E-state index contributed by atoms with van der Waals surface area (Å²) in [5, 5.41) is 9.23. The van der Waals surface area contributed by atoms with Gasteiger partial charge in [-0.15, -0.1) is 0 Å². The predicted octanol–water partition coefficient (Wildman–Crippen LogP) is 2.84. The Morgan fingerprint density at radius 3 is 2.30 bits per heavy atom. The van der Waals surface area contributed by atoms with Gasteiger partial charge in [0.05, 0.1) is 0 Å². The van der Waals surface area contributed by atoms with E-state index in [-0.39, 0.29) is 23.5 Å². The van der Waals surface area contributed by atoms with Crippen molar-refractivity contribution in [3.63, 3.8) is 0 Å². The van der Waals surface area contributed by atoms with Gasteiger partial charge < -0.3 is 10.8 Å². The second-order valence-corrected chi connectivity index (χ2v) is 5.03. The number of nitrogens with two attached hydrogens (primary N) is 1. The van der Waals surface area contributed by atoms with Crippen LogP contribution in [0.2, 0.25) is 0 Å². The number of aromatic hydroxyl groups is 1. The first-order chi connectivity index (χ1) is 9.58. The van der Waals surface area contributed by atoms with E-state index < -0.39 is 0 Å². The van der Waals surface area contributed by atoms with Gasteiger partial charge in [0, 0.05) is 18.4 Å². The molecule has 0 amide bonds. The maximum absolute atomic E-state index is 12.3. The second-order valence-electron chi connectivity index (χ2n) is 5.03. The molecule has 0 aromatic heterocycles. The lowest BCUT2D eigenvalue weighted by Gasteiger charge is -2.19. The number of hydrogen-bond acceptors (Lipinski definition) is 3. The first-order valence-electron chi connectivity index (χ1n) is 6.69. The van der Waals surface area contributed by atoms with Crippen molar-refractivity contribution in [3.05, 3.63) is 65.7 Å². The van der Waals surface area contributed by atoms with Gasteiger partial charge in [0.25, 0.3) is 0 Å². The minimum atomic E-state index is -0.291. The highest BCUT2D eigenvalue weighted by molar-refractivity contribution is 5.83. The molecule has 3 nitrogen and oxygen atoms in total. The van der Waals surface area contributed by atoms with E-state index in [9.17, 15) is 9.90 Å². The number of phenolic OH excluding ortho intramolecular Hbond substituents is 1. The van der Waals surface area contributed by atoms with E-state index in [1.165, 1.54) is 0 Å². The second kappa shape index (κ2) is 6.35. The number of benzene rings is 2. The third kappa shape index (κ3) is 3.45. The monoisotopic (exact) mass is 269 g/mol. The minimum Gasteiger partial charge on any atom is -0.508 e. The van der Waals surface area contributed by atoms with Crippen LogP contribution >= 0.6 is 0 Å². The Balaban J connectivity index is 2.03. The summed E-state index contributed by atoms with van der Waals surface area (Å²) in [6.07, 6.45) is 0.335. The largest absolute Gasteiger partial charge is 0.508 e. The van der Waals surface area contributed by atoms with Gasteiger partial charge in [-0.25, -0.2) is 0 Å². The van der Waals surface area contributed by atoms with Crippen molar-refractivity contribution in [3.8, 4) is 5.75 Å². The molecular weight excluding hydrogens is 250 g/mol. The first-order valence-corrected chi connectivity index (χ1v) is 6.69. The molecule has 20 heavy (non-hydrogen) atoms. The van der Waals surface area contributed by atoms with Crippen molar-refractivity contribution in [1.29, 1.82) is 0 Å². The summed E-state index contributed by atoms with van der Waals surface area (Å²) >= 11 is 0. The average molecular weight is 269 g/mol. The van der Waals surface area contributed by atoms with Gasteiger partial charge in [-0.2, -0.15) is 0 Å². The third-order valence-corrected chi connectivity index (χ3v) is 3.55. The van der Waals surface area contributed by atoms with Crippen LogP contribution in [0, 0.1) is 5.92 Å². The molecule has 2 atom stereocenters. The molecule has 2 aromatic carbocycles. The molecule has 0 fully saturated rings. The summed E-state index contributed by atoms with van der Waals surface area (Å²) in [6.45, 7) is 1.86. The summed E-state index contributed by atoms with van der Waals surface area (Å²) in [4.78, 5) is 12.3. The van der Waals surface area contributed by atoms with E-state index in [0.29, 0.717) is 6.42 Å². The van der Waals surface area contributed by atoms with Crippen molar-refractivity contribution in [2.24, 2.45) is 11.7 Å². The molecule has 104 valence electrons. The molecule has 0 saturated carbocycles. The Kier molecular flexibility index (Phi) is 4.53. The molecule has 0 aliphatic rings. The zero-order valence-electron chi connectivity index (χ0n) is 11.5. The van der Waals surface area contributed by atoms with Crippen molar-refractivity contribution >= 4 is 5.78 Å². The summed E-state index contributed by atoms with van der Waals surface area (Å²) in [7, 11) is 0. The van der Waals surface area contributed by atoms with Crippen molar-refractivity contribution in [2.45, 2.75) is 19.4 Å². The number of Topliss-reactive ketones (excluding diaryl/α,β-unsaturated/α-hetero) is 1. The maximum atomic E-state index is 12.3. The smallest absolute Gasteiger partial charge is 0.141 e. The Morgan fingerprint density at radius 1 is 1.10 bits per heavy atom. The van der Waals surface area contributed by atoms with Crippen LogP contribution in [-0.2, 0) is 11.2 Å². The summed E-state index contributed by atoms with van der Waals surface area (Å²) in [6, 6.07) is 16.1. The normalized spacial score (nSPS) is 13.7. The fourth-order valence-electron chi connectivity index (χ4n) is 2.14. The highest BCUT2D eigenvalue weighted by Crippen LogP contribution is 2.21.